The Balaban J connectivity index is 1.97. The molecule has 1 heterocycles. The SMILES string of the molecule is CCCN1C(=O)C(C)(C)COc2ccc(NS(=O)(=O)c3ccc(Cl)cc3)cc21. The van der Waals surface area contributed by atoms with Crippen LogP contribution in [0.1, 0.15) is 27.2 Å². The lowest BCUT2D eigenvalue weighted by Crippen LogP contribution is -2.42. The van der Waals surface area contributed by atoms with E-state index in [4.69, 9.17) is 16.3 Å². The van der Waals surface area contributed by atoms with Gasteiger partial charge >= 0.3 is 0 Å². The van der Waals surface area contributed by atoms with Crippen molar-refractivity contribution >= 4 is 38.9 Å². The number of carbonyl (C=O) groups is 1. The molecule has 0 saturated carbocycles. The number of hydrogen-bond donors (Lipinski definition) is 1. The maximum absolute atomic E-state index is 13.0. The first-order valence-corrected chi connectivity index (χ1v) is 10.9. The molecule has 28 heavy (non-hydrogen) atoms. The lowest BCUT2D eigenvalue weighted by molar-refractivity contribution is -0.127. The second-order valence-corrected chi connectivity index (χ2v) is 9.49. The number of amides is 1. The molecular formula is C20H23ClN2O4S. The van der Waals surface area contributed by atoms with Gasteiger partial charge in [-0.25, -0.2) is 8.42 Å². The minimum atomic E-state index is -3.78. The highest BCUT2D eigenvalue weighted by Gasteiger charge is 2.37. The van der Waals surface area contributed by atoms with Gasteiger partial charge in [0, 0.05) is 11.6 Å². The van der Waals surface area contributed by atoms with Crippen molar-refractivity contribution < 1.29 is 17.9 Å². The summed E-state index contributed by atoms with van der Waals surface area (Å²) in [6.45, 7) is 6.45. The van der Waals surface area contributed by atoms with E-state index in [0.29, 0.717) is 28.7 Å². The number of benzene rings is 2. The monoisotopic (exact) mass is 422 g/mol. The van der Waals surface area contributed by atoms with Crippen LogP contribution >= 0.6 is 11.6 Å². The van der Waals surface area contributed by atoms with Crippen LogP contribution in [-0.2, 0) is 14.8 Å². The summed E-state index contributed by atoms with van der Waals surface area (Å²) >= 11 is 5.83. The lowest BCUT2D eigenvalue weighted by Gasteiger charge is -2.28. The fraction of sp³-hybridized carbons (Fsp3) is 0.350. The molecule has 0 aliphatic carbocycles. The molecule has 0 radical (unpaired) electrons. The molecular weight excluding hydrogens is 400 g/mol. The molecule has 0 unspecified atom stereocenters. The summed E-state index contributed by atoms with van der Waals surface area (Å²) in [5, 5.41) is 0.456. The molecule has 2 aromatic carbocycles. The molecule has 0 aromatic heterocycles. The van der Waals surface area contributed by atoms with Crippen molar-refractivity contribution in [3.8, 4) is 5.75 Å². The maximum atomic E-state index is 13.0. The van der Waals surface area contributed by atoms with E-state index in [9.17, 15) is 13.2 Å². The van der Waals surface area contributed by atoms with Gasteiger partial charge in [0.2, 0.25) is 5.91 Å². The highest BCUT2D eigenvalue weighted by atomic mass is 35.5. The predicted octanol–water partition coefficient (Wildman–Crippen LogP) is 4.30. The molecule has 0 spiro atoms. The third-order valence-electron chi connectivity index (χ3n) is 4.49. The van der Waals surface area contributed by atoms with Crippen molar-refractivity contribution in [3.63, 3.8) is 0 Å². The average molecular weight is 423 g/mol. The standard InChI is InChI=1S/C20H23ClN2O4S/c1-4-11-23-17-12-15(7-10-18(17)27-13-20(2,3)19(23)24)22-28(25,26)16-8-5-14(21)6-9-16/h5-10,12,22H,4,11,13H2,1-3H3. The molecule has 1 amide bonds. The average Bonchev–Trinajstić information content (AvgIpc) is 2.72. The van der Waals surface area contributed by atoms with E-state index in [1.165, 1.54) is 24.3 Å². The van der Waals surface area contributed by atoms with Crippen LogP contribution in [0.5, 0.6) is 5.75 Å². The Labute approximate surface area is 170 Å². The predicted molar refractivity (Wildman–Crippen MR) is 111 cm³/mol. The first kappa shape index (κ1) is 20.5. The number of nitrogens with zero attached hydrogens (tertiary/aromatic N) is 1. The van der Waals surface area contributed by atoms with Gasteiger partial charge in [-0.15, -0.1) is 0 Å². The summed E-state index contributed by atoms with van der Waals surface area (Å²) in [6.07, 6.45) is 0.766. The lowest BCUT2D eigenvalue weighted by atomic mass is 9.93. The second kappa shape index (κ2) is 7.64. The van der Waals surface area contributed by atoms with Gasteiger partial charge in [-0.1, -0.05) is 18.5 Å². The van der Waals surface area contributed by atoms with Crippen molar-refractivity contribution in [1.82, 2.24) is 0 Å². The molecule has 0 bridgehead atoms. The third-order valence-corrected chi connectivity index (χ3v) is 6.13. The number of sulfonamides is 1. The Hall–Kier alpha value is -2.25. The second-order valence-electron chi connectivity index (χ2n) is 7.37. The number of hydrogen-bond acceptors (Lipinski definition) is 4. The molecule has 0 atom stereocenters. The maximum Gasteiger partial charge on any atom is 0.261 e. The van der Waals surface area contributed by atoms with Crippen LogP contribution < -0.4 is 14.4 Å². The minimum Gasteiger partial charge on any atom is -0.490 e. The molecule has 1 N–H and O–H groups in total. The van der Waals surface area contributed by atoms with Crippen molar-refractivity contribution in [2.75, 3.05) is 22.8 Å². The zero-order chi connectivity index (χ0) is 20.5. The Morgan fingerprint density at radius 3 is 2.50 bits per heavy atom. The van der Waals surface area contributed by atoms with Crippen LogP contribution in [0.2, 0.25) is 5.02 Å². The van der Waals surface area contributed by atoms with E-state index in [1.807, 2.05) is 20.8 Å². The van der Waals surface area contributed by atoms with E-state index in [0.717, 1.165) is 6.42 Å². The van der Waals surface area contributed by atoms with Crippen LogP contribution in [0, 0.1) is 5.41 Å². The fourth-order valence-electron chi connectivity index (χ4n) is 2.98. The van der Waals surface area contributed by atoms with E-state index >= 15 is 0 Å². The van der Waals surface area contributed by atoms with Gasteiger partial charge in [-0.3, -0.25) is 9.52 Å². The molecule has 1 aliphatic rings. The van der Waals surface area contributed by atoms with Gasteiger partial charge in [-0.05, 0) is 62.7 Å². The highest BCUT2D eigenvalue weighted by molar-refractivity contribution is 7.92. The van der Waals surface area contributed by atoms with Crippen LogP contribution in [0.25, 0.3) is 0 Å². The van der Waals surface area contributed by atoms with Crippen LogP contribution in [0.3, 0.4) is 0 Å². The highest BCUT2D eigenvalue weighted by Crippen LogP contribution is 2.38. The number of nitrogens with one attached hydrogen (secondary N) is 1. The van der Waals surface area contributed by atoms with Gasteiger partial charge in [-0.2, -0.15) is 0 Å². The summed E-state index contributed by atoms with van der Waals surface area (Å²) in [6, 6.07) is 10.9. The van der Waals surface area contributed by atoms with Crippen molar-refractivity contribution in [1.29, 1.82) is 0 Å². The molecule has 2 aromatic rings. The van der Waals surface area contributed by atoms with Crippen molar-refractivity contribution in [3.05, 3.63) is 47.5 Å². The molecule has 0 saturated heterocycles. The minimum absolute atomic E-state index is 0.0502. The molecule has 0 fully saturated rings. The molecule has 6 nitrogen and oxygen atoms in total. The van der Waals surface area contributed by atoms with Gasteiger partial charge in [0.25, 0.3) is 10.0 Å². The smallest absolute Gasteiger partial charge is 0.261 e. The number of anilines is 2. The summed E-state index contributed by atoms with van der Waals surface area (Å²) in [7, 11) is -3.78. The summed E-state index contributed by atoms with van der Waals surface area (Å²) in [5.41, 5.74) is 0.247. The molecule has 150 valence electrons. The Morgan fingerprint density at radius 1 is 1.18 bits per heavy atom. The van der Waals surface area contributed by atoms with Crippen molar-refractivity contribution in [2.45, 2.75) is 32.1 Å². The molecule has 8 heteroatoms. The van der Waals surface area contributed by atoms with E-state index in [-0.39, 0.29) is 17.4 Å². The van der Waals surface area contributed by atoms with Gasteiger partial charge in [0.1, 0.15) is 12.4 Å². The number of fused-ring (bicyclic) bond motifs is 1. The van der Waals surface area contributed by atoms with Gasteiger partial charge < -0.3 is 9.64 Å². The number of halogens is 1. The van der Waals surface area contributed by atoms with Gasteiger partial charge in [0.15, 0.2) is 0 Å². The fourth-order valence-corrected chi connectivity index (χ4v) is 4.16. The summed E-state index contributed by atoms with van der Waals surface area (Å²) in [4.78, 5) is 14.7. The Bertz CT molecular complexity index is 988. The van der Waals surface area contributed by atoms with Gasteiger partial charge in [0.05, 0.1) is 21.7 Å². The Morgan fingerprint density at radius 2 is 1.86 bits per heavy atom. The van der Waals surface area contributed by atoms with E-state index in [1.54, 1.807) is 23.1 Å². The van der Waals surface area contributed by atoms with E-state index < -0.39 is 15.4 Å². The quantitative estimate of drug-likeness (QED) is 0.779. The van der Waals surface area contributed by atoms with Crippen LogP contribution in [0.4, 0.5) is 11.4 Å². The van der Waals surface area contributed by atoms with Crippen molar-refractivity contribution in [2.24, 2.45) is 5.41 Å². The largest absolute Gasteiger partial charge is 0.490 e. The first-order chi connectivity index (χ1) is 13.1. The third kappa shape index (κ3) is 4.10. The zero-order valence-corrected chi connectivity index (χ0v) is 17.6. The van der Waals surface area contributed by atoms with Crippen LogP contribution in [0.15, 0.2) is 47.4 Å². The van der Waals surface area contributed by atoms with Crippen LogP contribution in [-0.4, -0.2) is 27.5 Å². The topological polar surface area (TPSA) is 75.7 Å². The molecule has 1 aliphatic heterocycles. The number of carbonyl (C=O) groups excluding carboxylic acids is 1. The Kier molecular flexibility index (Phi) is 5.59. The first-order valence-electron chi connectivity index (χ1n) is 9.01. The number of ether oxygens (including phenoxy) is 1. The number of rotatable bonds is 5. The summed E-state index contributed by atoms with van der Waals surface area (Å²) < 4.78 is 33.7. The van der Waals surface area contributed by atoms with E-state index in [2.05, 4.69) is 4.72 Å². The molecule has 3 rings (SSSR count). The summed E-state index contributed by atoms with van der Waals surface area (Å²) in [5.74, 6) is 0.507. The normalized spacial score (nSPS) is 16.1. The zero-order valence-electron chi connectivity index (χ0n) is 16.0.